The van der Waals surface area contributed by atoms with E-state index in [0.717, 1.165) is 29.2 Å². The van der Waals surface area contributed by atoms with Gasteiger partial charge in [0.25, 0.3) is 0 Å². The summed E-state index contributed by atoms with van der Waals surface area (Å²) in [5.74, 6) is 1.59. The Labute approximate surface area is 146 Å². The number of benzene rings is 1. The van der Waals surface area contributed by atoms with Crippen molar-refractivity contribution in [3.63, 3.8) is 0 Å². The maximum Gasteiger partial charge on any atom is 0.231 e. The minimum absolute atomic E-state index is 0.0593. The summed E-state index contributed by atoms with van der Waals surface area (Å²) in [7, 11) is 1.89. The highest BCUT2D eigenvalue weighted by Gasteiger charge is 2.35. The summed E-state index contributed by atoms with van der Waals surface area (Å²) >= 11 is 0. The molecule has 1 unspecified atom stereocenters. The molecule has 2 aliphatic heterocycles. The van der Waals surface area contributed by atoms with Crippen LogP contribution in [0.4, 0.5) is 0 Å². The first-order valence-electron chi connectivity index (χ1n) is 8.51. The SMILES string of the molecule is CC(NC(=O)[C@H]1CNC[C@@H]1c1cnn(C)c1)c1ccc2c(c1)OCO2. The fourth-order valence-electron chi connectivity index (χ4n) is 3.52. The van der Waals surface area contributed by atoms with Crippen molar-refractivity contribution >= 4 is 5.91 Å². The minimum Gasteiger partial charge on any atom is -0.454 e. The van der Waals surface area contributed by atoms with Gasteiger partial charge in [0.15, 0.2) is 11.5 Å². The number of rotatable bonds is 4. The molecule has 1 saturated heterocycles. The summed E-state index contributed by atoms with van der Waals surface area (Å²) in [4.78, 5) is 12.8. The highest BCUT2D eigenvalue weighted by molar-refractivity contribution is 5.81. The van der Waals surface area contributed by atoms with E-state index in [1.54, 1.807) is 4.68 Å². The molecule has 3 heterocycles. The van der Waals surface area contributed by atoms with Crippen LogP contribution in [-0.2, 0) is 11.8 Å². The molecule has 132 valence electrons. The second kappa shape index (κ2) is 6.40. The van der Waals surface area contributed by atoms with E-state index < -0.39 is 0 Å². The van der Waals surface area contributed by atoms with E-state index >= 15 is 0 Å². The van der Waals surface area contributed by atoms with Gasteiger partial charge in [0.05, 0.1) is 18.2 Å². The Morgan fingerprint density at radius 2 is 2.20 bits per heavy atom. The molecular formula is C18H22N4O3. The van der Waals surface area contributed by atoms with Crippen LogP contribution < -0.4 is 20.1 Å². The third-order valence-electron chi connectivity index (χ3n) is 4.96. The minimum atomic E-state index is -0.0999. The number of fused-ring (bicyclic) bond motifs is 1. The molecule has 2 aliphatic rings. The smallest absolute Gasteiger partial charge is 0.231 e. The molecule has 7 nitrogen and oxygen atoms in total. The zero-order valence-electron chi connectivity index (χ0n) is 14.4. The zero-order valence-corrected chi connectivity index (χ0v) is 14.4. The third kappa shape index (κ3) is 3.07. The van der Waals surface area contributed by atoms with E-state index in [1.165, 1.54) is 0 Å². The number of amides is 1. The number of carbonyl (C=O) groups is 1. The molecule has 0 spiro atoms. The van der Waals surface area contributed by atoms with Crippen LogP contribution in [0.1, 0.15) is 30.0 Å². The standard InChI is InChI=1S/C18H22N4O3/c1-11(12-3-4-16-17(5-12)25-10-24-16)21-18(23)15-8-19-7-14(15)13-6-20-22(2)9-13/h3-6,9,11,14-15,19H,7-8,10H2,1-2H3,(H,21,23)/t11?,14-,15+/m1/s1. The van der Waals surface area contributed by atoms with Crippen LogP contribution >= 0.6 is 0 Å². The van der Waals surface area contributed by atoms with Crippen LogP contribution in [0, 0.1) is 5.92 Å². The first-order chi connectivity index (χ1) is 12.1. The van der Waals surface area contributed by atoms with E-state index in [1.807, 2.05) is 44.6 Å². The largest absolute Gasteiger partial charge is 0.454 e. The molecule has 1 aromatic heterocycles. The fourth-order valence-corrected chi connectivity index (χ4v) is 3.52. The van der Waals surface area contributed by atoms with Gasteiger partial charge in [0, 0.05) is 32.3 Å². The van der Waals surface area contributed by atoms with Gasteiger partial charge in [-0.2, -0.15) is 5.10 Å². The van der Waals surface area contributed by atoms with Gasteiger partial charge in [-0.05, 0) is 30.2 Å². The van der Waals surface area contributed by atoms with Crippen LogP contribution in [0.2, 0.25) is 0 Å². The summed E-state index contributed by atoms with van der Waals surface area (Å²) in [5.41, 5.74) is 2.10. The second-order valence-electron chi connectivity index (χ2n) is 6.66. The lowest BCUT2D eigenvalue weighted by atomic mass is 9.90. The topological polar surface area (TPSA) is 77.4 Å². The van der Waals surface area contributed by atoms with Crippen LogP contribution in [0.25, 0.3) is 0 Å². The van der Waals surface area contributed by atoms with Gasteiger partial charge in [0.2, 0.25) is 12.7 Å². The van der Waals surface area contributed by atoms with Crippen LogP contribution in [-0.4, -0.2) is 35.6 Å². The van der Waals surface area contributed by atoms with Crippen molar-refractivity contribution in [3.05, 3.63) is 41.7 Å². The molecular weight excluding hydrogens is 320 g/mol. The Balaban J connectivity index is 1.45. The lowest BCUT2D eigenvalue weighted by molar-refractivity contribution is -0.125. The number of hydrogen-bond acceptors (Lipinski definition) is 5. The fraction of sp³-hybridized carbons (Fsp3) is 0.444. The number of hydrogen-bond donors (Lipinski definition) is 2. The first kappa shape index (κ1) is 16.0. The summed E-state index contributed by atoms with van der Waals surface area (Å²) in [6.07, 6.45) is 3.83. The predicted octanol–water partition coefficient (Wildman–Crippen LogP) is 1.33. The van der Waals surface area contributed by atoms with Gasteiger partial charge in [-0.1, -0.05) is 6.07 Å². The molecule has 2 N–H and O–H groups in total. The summed E-state index contributed by atoms with van der Waals surface area (Å²) in [6, 6.07) is 5.68. The summed E-state index contributed by atoms with van der Waals surface area (Å²) < 4.78 is 12.5. The molecule has 25 heavy (non-hydrogen) atoms. The highest BCUT2D eigenvalue weighted by Crippen LogP contribution is 2.34. The van der Waals surface area contributed by atoms with Crippen molar-refractivity contribution < 1.29 is 14.3 Å². The Kier molecular flexibility index (Phi) is 4.09. The van der Waals surface area contributed by atoms with Crippen molar-refractivity contribution in [2.24, 2.45) is 13.0 Å². The third-order valence-corrected chi connectivity index (χ3v) is 4.96. The molecule has 0 bridgehead atoms. The molecule has 0 saturated carbocycles. The van der Waals surface area contributed by atoms with E-state index in [-0.39, 0.29) is 30.6 Å². The monoisotopic (exact) mass is 342 g/mol. The lowest BCUT2D eigenvalue weighted by Gasteiger charge is -2.21. The quantitative estimate of drug-likeness (QED) is 0.877. The van der Waals surface area contributed by atoms with E-state index in [9.17, 15) is 4.79 Å². The Hall–Kier alpha value is -2.54. The van der Waals surface area contributed by atoms with Crippen molar-refractivity contribution in [1.82, 2.24) is 20.4 Å². The normalized spacial score (nSPS) is 22.8. The van der Waals surface area contributed by atoms with Crippen LogP contribution in [0.3, 0.4) is 0 Å². The number of aryl methyl sites for hydroxylation is 1. The molecule has 0 radical (unpaired) electrons. The molecule has 7 heteroatoms. The summed E-state index contributed by atoms with van der Waals surface area (Å²) in [6.45, 7) is 3.71. The van der Waals surface area contributed by atoms with Crippen LogP contribution in [0.15, 0.2) is 30.6 Å². The second-order valence-corrected chi connectivity index (χ2v) is 6.66. The number of aromatic nitrogens is 2. The van der Waals surface area contributed by atoms with Crippen molar-refractivity contribution in [1.29, 1.82) is 0 Å². The van der Waals surface area contributed by atoms with Gasteiger partial charge in [0.1, 0.15) is 0 Å². The molecule has 0 aliphatic carbocycles. The molecule has 1 amide bonds. The molecule has 3 atom stereocenters. The summed E-state index contributed by atoms with van der Waals surface area (Å²) in [5, 5.41) is 10.7. The average Bonchev–Trinajstić information content (AvgIpc) is 3.33. The lowest BCUT2D eigenvalue weighted by Crippen LogP contribution is -2.35. The maximum absolute atomic E-state index is 12.8. The van der Waals surface area contributed by atoms with Crippen molar-refractivity contribution in [2.45, 2.75) is 18.9 Å². The number of carbonyl (C=O) groups excluding carboxylic acids is 1. The van der Waals surface area contributed by atoms with Crippen molar-refractivity contribution in [3.8, 4) is 11.5 Å². The number of nitrogens with one attached hydrogen (secondary N) is 2. The Bertz CT molecular complexity index is 788. The van der Waals surface area contributed by atoms with Gasteiger partial charge in [-0.3, -0.25) is 9.48 Å². The van der Waals surface area contributed by atoms with E-state index in [0.29, 0.717) is 6.54 Å². The average molecular weight is 342 g/mol. The maximum atomic E-state index is 12.8. The highest BCUT2D eigenvalue weighted by atomic mass is 16.7. The zero-order chi connectivity index (χ0) is 17.4. The Morgan fingerprint density at radius 3 is 3.00 bits per heavy atom. The molecule has 1 fully saturated rings. The number of nitrogens with zero attached hydrogens (tertiary/aromatic N) is 2. The van der Waals surface area contributed by atoms with Gasteiger partial charge in [-0.15, -0.1) is 0 Å². The molecule has 1 aromatic carbocycles. The molecule has 2 aromatic rings. The van der Waals surface area contributed by atoms with Crippen LogP contribution in [0.5, 0.6) is 11.5 Å². The predicted molar refractivity (Wildman–Crippen MR) is 91.4 cm³/mol. The van der Waals surface area contributed by atoms with Gasteiger partial charge < -0.3 is 20.1 Å². The first-order valence-corrected chi connectivity index (χ1v) is 8.51. The van der Waals surface area contributed by atoms with Gasteiger partial charge in [-0.25, -0.2) is 0 Å². The van der Waals surface area contributed by atoms with Crippen molar-refractivity contribution in [2.75, 3.05) is 19.9 Å². The molecule has 4 rings (SSSR count). The van der Waals surface area contributed by atoms with Gasteiger partial charge >= 0.3 is 0 Å². The van der Waals surface area contributed by atoms with E-state index in [4.69, 9.17) is 9.47 Å². The Morgan fingerprint density at radius 1 is 1.36 bits per heavy atom. The number of ether oxygens (including phenoxy) is 2. The van der Waals surface area contributed by atoms with E-state index in [2.05, 4.69) is 15.7 Å².